The summed E-state index contributed by atoms with van der Waals surface area (Å²) in [4.78, 5) is 12.6. The highest BCUT2D eigenvalue weighted by Crippen LogP contribution is 2.39. The molecule has 4 heteroatoms. The van der Waals surface area contributed by atoms with Gasteiger partial charge in [0.05, 0.1) is 17.6 Å². The molecule has 108 valence electrons. The van der Waals surface area contributed by atoms with Crippen LogP contribution in [0.15, 0.2) is 24.3 Å². The second kappa shape index (κ2) is 5.19. The van der Waals surface area contributed by atoms with E-state index >= 15 is 0 Å². The van der Waals surface area contributed by atoms with Crippen LogP contribution in [0.5, 0.6) is 0 Å². The summed E-state index contributed by atoms with van der Waals surface area (Å²) in [5.74, 6) is 0.0123. The normalized spacial score (nSPS) is 27.3. The first kappa shape index (κ1) is 13.6. The topological polar surface area (TPSA) is 75.4 Å². The number of aliphatic hydroxyl groups excluding tert-OH is 1. The number of benzene rings is 1. The van der Waals surface area contributed by atoms with Crippen LogP contribution >= 0.6 is 0 Å². The predicted molar refractivity (Wildman–Crippen MR) is 77.0 cm³/mol. The largest absolute Gasteiger partial charge is 0.390 e. The van der Waals surface area contributed by atoms with Gasteiger partial charge in [-0.05, 0) is 24.0 Å². The van der Waals surface area contributed by atoms with Crippen LogP contribution in [-0.4, -0.2) is 23.7 Å². The van der Waals surface area contributed by atoms with E-state index in [1.165, 1.54) is 0 Å². The van der Waals surface area contributed by atoms with E-state index in [1.807, 2.05) is 24.3 Å². The Labute approximate surface area is 119 Å². The molecule has 0 saturated heterocycles. The van der Waals surface area contributed by atoms with E-state index in [2.05, 4.69) is 5.32 Å². The van der Waals surface area contributed by atoms with Crippen LogP contribution in [-0.2, 0) is 11.2 Å². The molecule has 0 aliphatic heterocycles. The first-order chi connectivity index (χ1) is 9.66. The lowest BCUT2D eigenvalue weighted by molar-refractivity contribution is -0.131. The minimum Gasteiger partial charge on any atom is -0.390 e. The average molecular weight is 274 g/mol. The molecule has 0 aromatic heterocycles. The van der Waals surface area contributed by atoms with Crippen molar-refractivity contribution in [2.45, 2.75) is 44.2 Å². The van der Waals surface area contributed by atoms with Crippen LogP contribution in [0.1, 0.15) is 42.9 Å². The second-order valence-corrected chi connectivity index (χ2v) is 6.11. The fourth-order valence-corrected chi connectivity index (χ4v) is 3.62. The molecule has 0 heterocycles. The van der Waals surface area contributed by atoms with Gasteiger partial charge < -0.3 is 16.2 Å². The van der Waals surface area contributed by atoms with Crippen LogP contribution in [0.3, 0.4) is 0 Å². The van der Waals surface area contributed by atoms with Crippen molar-refractivity contribution in [3.63, 3.8) is 0 Å². The van der Waals surface area contributed by atoms with E-state index in [1.54, 1.807) is 0 Å². The lowest BCUT2D eigenvalue weighted by Crippen LogP contribution is -2.47. The van der Waals surface area contributed by atoms with Crippen molar-refractivity contribution in [3.05, 3.63) is 35.4 Å². The maximum absolute atomic E-state index is 12.6. The van der Waals surface area contributed by atoms with Gasteiger partial charge >= 0.3 is 0 Å². The number of nitrogens with one attached hydrogen (secondary N) is 1. The van der Waals surface area contributed by atoms with E-state index in [4.69, 9.17) is 5.73 Å². The molecule has 0 bridgehead atoms. The van der Waals surface area contributed by atoms with Crippen molar-refractivity contribution in [1.82, 2.24) is 5.32 Å². The lowest BCUT2D eigenvalue weighted by Gasteiger charge is -2.29. The second-order valence-electron chi connectivity index (χ2n) is 6.11. The quantitative estimate of drug-likeness (QED) is 0.777. The minimum atomic E-state index is -0.535. The Morgan fingerprint density at radius 1 is 1.35 bits per heavy atom. The van der Waals surface area contributed by atoms with E-state index in [0.717, 1.165) is 36.8 Å². The molecule has 0 spiro atoms. The van der Waals surface area contributed by atoms with Gasteiger partial charge in [0.25, 0.3) is 0 Å². The molecule has 4 nitrogen and oxygen atoms in total. The Morgan fingerprint density at radius 2 is 2.05 bits per heavy atom. The number of aliphatic hydroxyl groups is 1. The number of fused-ring (bicyclic) bond motifs is 1. The molecule has 1 amide bonds. The molecule has 1 aromatic carbocycles. The van der Waals surface area contributed by atoms with Crippen molar-refractivity contribution in [1.29, 1.82) is 0 Å². The fraction of sp³-hybridized carbons (Fsp3) is 0.562. The van der Waals surface area contributed by atoms with Gasteiger partial charge in [0, 0.05) is 13.0 Å². The van der Waals surface area contributed by atoms with Crippen molar-refractivity contribution in [2.75, 3.05) is 6.54 Å². The standard InChI is InChI=1S/C16H22N2O2/c17-10-16(7-3-4-8-16)15(20)18-14-12-6-2-1-5-11(12)9-13(14)19/h1-2,5-6,13-14,19H,3-4,7-10,17H2,(H,18,20)/t13-,14+/m1/s1. The zero-order chi connectivity index (χ0) is 14.2. The Hall–Kier alpha value is -1.39. The van der Waals surface area contributed by atoms with Crippen molar-refractivity contribution >= 4 is 5.91 Å². The number of carbonyl (C=O) groups is 1. The molecule has 2 aliphatic rings. The van der Waals surface area contributed by atoms with Crippen LogP contribution in [0.2, 0.25) is 0 Å². The molecule has 2 atom stereocenters. The molecule has 20 heavy (non-hydrogen) atoms. The monoisotopic (exact) mass is 274 g/mol. The highest BCUT2D eigenvalue weighted by Gasteiger charge is 2.42. The van der Waals surface area contributed by atoms with Crippen molar-refractivity contribution in [3.8, 4) is 0 Å². The maximum atomic E-state index is 12.6. The molecule has 4 N–H and O–H groups in total. The summed E-state index contributed by atoms with van der Waals surface area (Å²) in [7, 11) is 0. The zero-order valence-corrected chi connectivity index (χ0v) is 11.6. The number of rotatable bonds is 3. The number of hydrogen-bond acceptors (Lipinski definition) is 3. The van der Waals surface area contributed by atoms with E-state index in [0.29, 0.717) is 13.0 Å². The third-order valence-electron chi connectivity index (χ3n) is 4.92. The molecular weight excluding hydrogens is 252 g/mol. The molecule has 3 rings (SSSR count). The zero-order valence-electron chi connectivity index (χ0n) is 11.6. The Kier molecular flexibility index (Phi) is 3.52. The first-order valence-electron chi connectivity index (χ1n) is 7.43. The fourth-order valence-electron chi connectivity index (χ4n) is 3.62. The smallest absolute Gasteiger partial charge is 0.228 e. The third kappa shape index (κ3) is 2.13. The summed E-state index contributed by atoms with van der Waals surface area (Å²) in [6.45, 7) is 0.392. The summed E-state index contributed by atoms with van der Waals surface area (Å²) in [6.07, 6.45) is 3.92. The van der Waals surface area contributed by atoms with Gasteiger partial charge in [-0.25, -0.2) is 0 Å². The summed E-state index contributed by atoms with van der Waals surface area (Å²) in [6, 6.07) is 7.63. The van der Waals surface area contributed by atoms with Gasteiger partial charge in [-0.2, -0.15) is 0 Å². The summed E-state index contributed by atoms with van der Waals surface area (Å²) < 4.78 is 0. The maximum Gasteiger partial charge on any atom is 0.228 e. The summed E-state index contributed by atoms with van der Waals surface area (Å²) in [5.41, 5.74) is 7.59. The Morgan fingerprint density at radius 3 is 2.75 bits per heavy atom. The van der Waals surface area contributed by atoms with Gasteiger partial charge in [0.2, 0.25) is 5.91 Å². The van der Waals surface area contributed by atoms with Gasteiger partial charge in [-0.3, -0.25) is 4.79 Å². The number of nitrogens with two attached hydrogens (primary N) is 1. The van der Waals surface area contributed by atoms with Gasteiger partial charge in [-0.15, -0.1) is 0 Å². The third-order valence-corrected chi connectivity index (χ3v) is 4.92. The molecule has 1 fully saturated rings. The highest BCUT2D eigenvalue weighted by atomic mass is 16.3. The molecular formula is C16H22N2O2. The number of hydrogen-bond donors (Lipinski definition) is 3. The molecule has 1 saturated carbocycles. The molecule has 2 aliphatic carbocycles. The summed E-state index contributed by atoms with van der Waals surface area (Å²) in [5, 5.41) is 13.3. The molecule has 0 unspecified atom stereocenters. The van der Waals surface area contributed by atoms with Gasteiger partial charge in [0.15, 0.2) is 0 Å². The molecule has 1 aromatic rings. The van der Waals surface area contributed by atoms with Crippen LogP contribution in [0.25, 0.3) is 0 Å². The van der Waals surface area contributed by atoms with E-state index in [9.17, 15) is 9.90 Å². The van der Waals surface area contributed by atoms with E-state index in [-0.39, 0.29) is 11.9 Å². The summed E-state index contributed by atoms with van der Waals surface area (Å²) >= 11 is 0. The highest BCUT2D eigenvalue weighted by molar-refractivity contribution is 5.83. The van der Waals surface area contributed by atoms with Crippen molar-refractivity contribution in [2.24, 2.45) is 11.1 Å². The lowest BCUT2D eigenvalue weighted by atomic mass is 9.85. The van der Waals surface area contributed by atoms with E-state index < -0.39 is 11.5 Å². The van der Waals surface area contributed by atoms with Crippen molar-refractivity contribution < 1.29 is 9.90 Å². The minimum absolute atomic E-state index is 0.0123. The van der Waals surface area contributed by atoms with Crippen LogP contribution in [0.4, 0.5) is 0 Å². The van der Waals surface area contributed by atoms with Gasteiger partial charge in [0.1, 0.15) is 0 Å². The van der Waals surface area contributed by atoms with Gasteiger partial charge in [-0.1, -0.05) is 37.1 Å². The average Bonchev–Trinajstić information content (AvgIpc) is 3.05. The Bertz CT molecular complexity index is 509. The number of carbonyl (C=O) groups excluding carboxylic acids is 1. The van der Waals surface area contributed by atoms with Crippen LogP contribution < -0.4 is 11.1 Å². The predicted octanol–water partition coefficient (Wildman–Crippen LogP) is 1.28. The Balaban J connectivity index is 1.79. The first-order valence-corrected chi connectivity index (χ1v) is 7.43. The SMILES string of the molecule is NCC1(C(=O)N[C@H]2c3ccccc3C[C@H]2O)CCCC1. The van der Waals surface area contributed by atoms with Crippen LogP contribution in [0, 0.1) is 5.41 Å². The molecule has 0 radical (unpaired) electrons. The number of amides is 1.